The standard InChI is InChI=1S/C16H20N2O2/c1-3-20-16(19)13-6-8-18(9-7-13)15-5-4-14(11-17)12(2)10-15/h4-5,10,13H,3,6-9H2,1-2H3. The largest absolute Gasteiger partial charge is 0.466 e. The molecule has 0 radical (unpaired) electrons. The maximum absolute atomic E-state index is 11.7. The lowest BCUT2D eigenvalue weighted by atomic mass is 9.96. The van der Waals surface area contributed by atoms with E-state index in [1.54, 1.807) is 0 Å². The maximum atomic E-state index is 11.7. The van der Waals surface area contributed by atoms with Crippen LogP contribution in [-0.2, 0) is 9.53 Å². The molecule has 1 aromatic carbocycles. The van der Waals surface area contributed by atoms with Crippen LogP contribution in [0.2, 0.25) is 0 Å². The van der Waals surface area contributed by atoms with Crippen LogP contribution in [0.3, 0.4) is 0 Å². The fourth-order valence-corrected chi connectivity index (χ4v) is 2.60. The molecule has 0 amide bonds. The molecule has 0 bridgehead atoms. The van der Waals surface area contributed by atoms with Crippen LogP contribution in [0.25, 0.3) is 0 Å². The maximum Gasteiger partial charge on any atom is 0.309 e. The number of aryl methyl sites for hydroxylation is 1. The molecule has 0 spiro atoms. The zero-order valence-corrected chi connectivity index (χ0v) is 12.1. The molecule has 4 heteroatoms. The van der Waals surface area contributed by atoms with Crippen molar-refractivity contribution in [2.24, 2.45) is 5.92 Å². The van der Waals surface area contributed by atoms with E-state index in [2.05, 4.69) is 11.0 Å². The van der Waals surface area contributed by atoms with Crippen molar-refractivity contribution in [1.29, 1.82) is 5.26 Å². The van der Waals surface area contributed by atoms with Gasteiger partial charge in [-0.25, -0.2) is 0 Å². The van der Waals surface area contributed by atoms with Gasteiger partial charge in [-0.2, -0.15) is 5.26 Å². The average Bonchev–Trinajstić information content (AvgIpc) is 2.47. The van der Waals surface area contributed by atoms with Crippen LogP contribution in [0.5, 0.6) is 0 Å². The number of anilines is 1. The molecule has 2 rings (SSSR count). The SMILES string of the molecule is CCOC(=O)C1CCN(c2ccc(C#N)c(C)c2)CC1. The first-order valence-electron chi connectivity index (χ1n) is 7.08. The summed E-state index contributed by atoms with van der Waals surface area (Å²) in [5, 5.41) is 8.95. The van der Waals surface area contributed by atoms with Crippen molar-refractivity contribution < 1.29 is 9.53 Å². The molecular formula is C16H20N2O2. The fraction of sp³-hybridized carbons (Fsp3) is 0.500. The molecule has 0 atom stereocenters. The number of carbonyl (C=O) groups excluding carboxylic acids is 1. The highest BCUT2D eigenvalue weighted by atomic mass is 16.5. The Morgan fingerprint density at radius 1 is 1.45 bits per heavy atom. The third-order valence-corrected chi connectivity index (χ3v) is 3.81. The summed E-state index contributed by atoms with van der Waals surface area (Å²) in [6.45, 7) is 5.96. The molecule has 1 fully saturated rings. The lowest BCUT2D eigenvalue weighted by molar-refractivity contribution is -0.148. The van der Waals surface area contributed by atoms with Crippen LogP contribution in [0.4, 0.5) is 5.69 Å². The highest BCUT2D eigenvalue weighted by molar-refractivity contribution is 5.73. The van der Waals surface area contributed by atoms with Crippen molar-refractivity contribution in [3.63, 3.8) is 0 Å². The van der Waals surface area contributed by atoms with E-state index in [0.29, 0.717) is 6.61 Å². The minimum Gasteiger partial charge on any atom is -0.466 e. The smallest absolute Gasteiger partial charge is 0.309 e. The van der Waals surface area contributed by atoms with Crippen molar-refractivity contribution in [3.8, 4) is 6.07 Å². The Balaban J connectivity index is 1.99. The second kappa shape index (κ2) is 6.42. The number of hydrogen-bond donors (Lipinski definition) is 0. The van der Waals surface area contributed by atoms with Gasteiger partial charge in [0.1, 0.15) is 0 Å². The summed E-state index contributed by atoms with van der Waals surface area (Å²) in [6.07, 6.45) is 1.66. The Morgan fingerprint density at radius 3 is 2.70 bits per heavy atom. The van der Waals surface area contributed by atoms with Gasteiger partial charge in [0.25, 0.3) is 0 Å². The van der Waals surface area contributed by atoms with Gasteiger partial charge in [-0.3, -0.25) is 4.79 Å². The van der Waals surface area contributed by atoms with E-state index < -0.39 is 0 Å². The van der Waals surface area contributed by atoms with Crippen LogP contribution in [-0.4, -0.2) is 25.7 Å². The van der Waals surface area contributed by atoms with E-state index in [1.165, 1.54) is 0 Å². The Morgan fingerprint density at radius 2 is 2.15 bits per heavy atom. The third-order valence-electron chi connectivity index (χ3n) is 3.81. The van der Waals surface area contributed by atoms with Crippen LogP contribution < -0.4 is 4.90 Å². The van der Waals surface area contributed by atoms with Crippen molar-refractivity contribution >= 4 is 11.7 Å². The Kier molecular flexibility index (Phi) is 4.62. The number of nitrogens with zero attached hydrogens (tertiary/aromatic N) is 2. The Bertz CT molecular complexity index is 526. The normalized spacial score (nSPS) is 15.8. The zero-order chi connectivity index (χ0) is 14.5. The van der Waals surface area contributed by atoms with E-state index in [-0.39, 0.29) is 11.9 Å². The van der Waals surface area contributed by atoms with Crippen LogP contribution in [0.15, 0.2) is 18.2 Å². The van der Waals surface area contributed by atoms with E-state index >= 15 is 0 Å². The van der Waals surface area contributed by atoms with Gasteiger partial charge in [-0.15, -0.1) is 0 Å². The first-order chi connectivity index (χ1) is 9.65. The molecule has 1 aromatic rings. The Labute approximate surface area is 120 Å². The number of piperidine rings is 1. The molecule has 1 aliphatic rings. The Hall–Kier alpha value is -2.02. The number of ether oxygens (including phenoxy) is 1. The molecule has 0 unspecified atom stereocenters. The lowest BCUT2D eigenvalue weighted by Gasteiger charge is -2.32. The topological polar surface area (TPSA) is 53.3 Å². The predicted octanol–water partition coefficient (Wildman–Crippen LogP) is 2.65. The minimum absolute atomic E-state index is 0.0330. The molecular weight excluding hydrogens is 252 g/mol. The highest BCUT2D eigenvalue weighted by Crippen LogP contribution is 2.25. The van der Waals surface area contributed by atoms with Gasteiger partial charge in [0, 0.05) is 18.8 Å². The summed E-state index contributed by atoms with van der Waals surface area (Å²) in [4.78, 5) is 14.0. The summed E-state index contributed by atoms with van der Waals surface area (Å²) in [6, 6.07) is 8.07. The highest BCUT2D eigenvalue weighted by Gasteiger charge is 2.26. The summed E-state index contributed by atoms with van der Waals surface area (Å²) >= 11 is 0. The van der Waals surface area contributed by atoms with Gasteiger partial charge in [0.15, 0.2) is 0 Å². The van der Waals surface area contributed by atoms with Crippen molar-refractivity contribution in [3.05, 3.63) is 29.3 Å². The first kappa shape index (κ1) is 14.4. The number of nitriles is 1. The quantitative estimate of drug-likeness (QED) is 0.794. The minimum atomic E-state index is -0.0665. The molecule has 1 heterocycles. The van der Waals surface area contributed by atoms with Crippen molar-refractivity contribution in [2.75, 3.05) is 24.6 Å². The second-order valence-corrected chi connectivity index (χ2v) is 5.12. The summed E-state index contributed by atoms with van der Waals surface area (Å²) < 4.78 is 5.08. The van der Waals surface area contributed by atoms with Gasteiger partial charge in [0.2, 0.25) is 0 Å². The zero-order valence-electron chi connectivity index (χ0n) is 12.1. The molecule has 0 aliphatic carbocycles. The van der Waals surface area contributed by atoms with Gasteiger partial charge < -0.3 is 9.64 Å². The van der Waals surface area contributed by atoms with Crippen molar-refractivity contribution in [1.82, 2.24) is 0 Å². The average molecular weight is 272 g/mol. The number of carbonyl (C=O) groups is 1. The molecule has 20 heavy (non-hydrogen) atoms. The monoisotopic (exact) mass is 272 g/mol. The van der Waals surface area contributed by atoms with Gasteiger partial charge in [-0.05, 0) is 50.5 Å². The number of benzene rings is 1. The lowest BCUT2D eigenvalue weighted by Crippen LogP contribution is -2.37. The van der Waals surface area contributed by atoms with E-state index in [0.717, 1.165) is 42.7 Å². The molecule has 1 aliphatic heterocycles. The molecule has 0 aromatic heterocycles. The summed E-state index contributed by atoms with van der Waals surface area (Å²) in [5.41, 5.74) is 2.84. The number of esters is 1. The third kappa shape index (κ3) is 3.11. The number of rotatable bonds is 3. The molecule has 0 saturated carbocycles. The van der Waals surface area contributed by atoms with Crippen LogP contribution >= 0.6 is 0 Å². The summed E-state index contributed by atoms with van der Waals surface area (Å²) in [7, 11) is 0. The van der Waals surface area contributed by atoms with Gasteiger partial charge in [0.05, 0.1) is 24.2 Å². The predicted molar refractivity (Wildman–Crippen MR) is 77.5 cm³/mol. The second-order valence-electron chi connectivity index (χ2n) is 5.12. The van der Waals surface area contributed by atoms with Gasteiger partial charge >= 0.3 is 5.97 Å². The molecule has 0 N–H and O–H groups in total. The van der Waals surface area contributed by atoms with Crippen LogP contribution in [0.1, 0.15) is 30.9 Å². The van der Waals surface area contributed by atoms with E-state index in [4.69, 9.17) is 10.00 Å². The molecule has 4 nitrogen and oxygen atoms in total. The van der Waals surface area contributed by atoms with Gasteiger partial charge in [-0.1, -0.05) is 0 Å². The number of hydrogen-bond acceptors (Lipinski definition) is 4. The molecule has 1 saturated heterocycles. The summed E-state index contributed by atoms with van der Waals surface area (Å²) in [5.74, 6) is -0.0335. The van der Waals surface area contributed by atoms with E-state index in [9.17, 15) is 4.79 Å². The van der Waals surface area contributed by atoms with Crippen molar-refractivity contribution in [2.45, 2.75) is 26.7 Å². The first-order valence-corrected chi connectivity index (χ1v) is 7.08. The fourth-order valence-electron chi connectivity index (χ4n) is 2.60. The van der Waals surface area contributed by atoms with Crippen LogP contribution in [0, 0.1) is 24.2 Å². The molecule has 106 valence electrons. The van der Waals surface area contributed by atoms with E-state index in [1.807, 2.05) is 32.0 Å².